The Morgan fingerprint density at radius 3 is 2.77 bits per heavy atom. The molecular weight excluding hydrogens is 278 g/mol. The molecule has 0 atom stereocenters. The van der Waals surface area contributed by atoms with Crippen LogP contribution >= 0.6 is 0 Å². The first-order valence-electron chi connectivity index (χ1n) is 6.90. The Hall–Kier alpha value is -2.88. The van der Waals surface area contributed by atoms with Crippen LogP contribution in [0.2, 0.25) is 0 Å². The van der Waals surface area contributed by atoms with Crippen LogP contribution in [0.4, 0.5) is 0 Å². The summed E-state index contributed by atoms with van der Waals surface area (Å²) in [6.07, 6.45) is 2.55. The normalized spacial score (nSPS) is 10.4. The zero-order chi connectivity index (χ0) is 15.4. The average molecular weight is 293 g/mol. The first-order valence-corrected chi connectivity index (χ1v) is 6.90. The van der Waals surface area contributed by atoms with Crippen LogP contribution in [-0.2, 0) is 6.61 Å². The van der Waals surface area contributed by atoms with Crippen LogP contribution < -0.4 is 9.47 Å². The summed E-state index contributed by atoms with van der Waals surface area (Å²) in [5.74, 6) is 1.14. The second-order valence-electron chi connectivity index (χ2n) is 4.81. The summed E-state index contributed by atoms with van der Waals surface area (Å²) in [6, 6.07) is 15.0. The standard InChI is InChI=1S/C18H15NO3/c1-21-16-8-7-13(11-20)10-17(16)22-12-15-5-2-4-14-6-3-9-19-18(14)15/h2-11H,12H2,1H3. The van der Waals surface area contributed by atoms with Crippen molar-refractivity contribution in [2.24, 2.45) is 0 Å². The molecule has 0 aliphatic heterocycles. The van der Waals surface area contributed by atoms with E-state index in [0.29, 0.717) is 23.7 Å². The van der Waals surface area contributed by atoms with Crippen molar-refractivity contribution < 1.29 is 14.3 Å². The van der Waals surface area contributed by atoms with E-state index in [0.717, 1.165) is 22.8 Å². The minimum Gasteiger partial charge on any atom is -0.493 e. The number of nitrogens with zero attached hydrogens (tertiary/aromatic N) is 1. The van der Waals surface area contributed by atoms with Crippen molar-refractivity contribution in [2.45, 2.75) is 6.61 Å². The molecule has 4 nitrogen and oxygen atoms in total. The van der Waals surface area contributed by atoms with Crippen LogP contribution in [-0.4, -0.2) is 18.4 Å². The van der Waals surface area contributed by atoms with Crippen LogP contribution in [0.5, 0.6) is 11.5 Å². The molecule has 1 aromatic heterocycles. The monoisotopic (exact) mass is 293 g/mol. The van der Waals surface area contributed by atoms with Crippen LogP contribution in [0.25, 0.3) is 10.9 Å². The molecule has 22 heavy (non-hydrogen) atoms. The van der Waals surface area contributed by atoms with Gasteiger partial charge in [-0.1, -0.05) is 24.3 Å². The van der Waals surface area contributed by atoms with Gasteiger partial charge in [0.25, 0.3) is 0 Å². The number of fused-ring (bicyclic) bond motifs is 1. The first-order chi connectivity index (χ1) is 10.8. The highest BCUT2D eigenvalue weighted by Crippen LogP contribution is 2.29. The number of hydrogen-bond donors (Lipinski definition) is 0. The molecule has 0 saturated carbocycles. The molecule has 3 rings (SSSR count). The highest BCUT2D eigenvalue weighted by molar-refractivity contribution is 5.81. The number of ether oxygens (including phenoxy) is 2. The highest BCUT2D eigenvalue weighted by atomic mass is 16.5. The fourth-order valence-electron chi connectivity index (χ4n) is 2.32. The zero-order valence-corrected chi connectivity index (χ0v) is 12.2. The second-order valence-corrected chi connectivity index (χ2v) is 4.81. The lowest BCUT2D eigenvalue weighted by molar-refractivity contribution is 0.112. The number of aldehydes is 1. The third-order valence-electron chi connectivity index (χ3n) is 3.42. The topological polar surface area (TPSA) is 48.4 Å². The summed E-state index contributed by atoms with van der Waals surface area (Å²) in [6.45, 7) is 0.354. The molecule has 0 amide bonds. The second kappa shape index (κ2) is 6.26. The third-order valence-corrected chi connectivity index (χ3v) is 3.42. The molecule has 0 aliphatic carbocycles. The Morgan fingerprint density at radius 2 is 1.95 bits per heavy atom. The molecule has 0 radical (unpaired) electrons. The lowest BCUT2D eigenvalue weighted by atomic mass is 10.1. The number of pyridine rings is 1. The number of carbonyl (C=O) groups is 1. The molecule has 110 valence electrons. The molecular formula is C18H15NO3. The van der Waals surface area contributed by atoms with Crippen LogP contribution in [0.1, 0.15) is 15.9 Å². The number of hydrogen-bond acceptors (Lipinski definition) is 4. The number of methoxy groups -OCH3 is 1. The first kappa shape index (κ1) is 14.1. The summed E-state index contributed by atoms with van der Waals surface area (Å²) in [5, 5.41) is 1.07. The summed E-state index contributed by atoms with van der Waals surface area (Å²) in [7, 11) is 1.57. The maximum atomic E-state index is 10.9. The predicted octanol–water partition coefficient (Wildman–Crippen LogP) is 3.63. The maximum absolute atomic E-state index is 10.9. The molecule has 1 heterocycles. The number of aromatic nitrogens is 1. The van der Waals surface area contributed by atoms with Gasteiger partial charge < -0.3 is 9.47 Å². The van der Waals surface area contributed by atoms with E-state index >= 15 is 0 Å². The minimum absolute atomic E-state index is 0.354. The van der Waals surface area contributed by atoms with E-state index in [9.17, 15) is 4.79 Å². The molecule has 0 aliphatic rings. The van der Waals surface area contributed by atoms with Gasteiger partial charge in [-0.25, -0.2) is 0 Å². The molecule has 2 aromatic carbocycles. The molecule has 0 spiro atoms. The van der Waals surface area contributed by atoms with Crippen molar-refractivity contribution in [1.82, 2.24) is 4.98 Å². The van der Waals surface area contributed by atoms with Crippen molar-refractivity contribution in [2.75, 3.05) is 7.11 Å². The highest BCUT2D eigenvalue weighted by Gasteiger charge is 2.08. The van der Waals surface area contributed by atoms with Gasteiger partial charge in [0, 0.05) is 22.7 Å². The Morgan fingerprint density at radius 1 is 1.09 bits per heavy atom. The molecule has 0 saturated heterocycles. The molecule has 4 heteroatoms. The SMILES string of the molecule is COc1ccc(C=O)cc1OCc1cccc2cccnc12. The van der Waals surface area contributed by atoms with Gasteiger partial charge in [0.2, 0.25) is 0 Å². The Labute approximate surface area is 128 Å². The fraction of sp³-hybridized carbons (Fsp3) is 0.111. The molecule has 0 unspecified atom stereocenters. The van der Waals surface area contributed by atoms with Crippen molar-refractivity contribution in [3.05, 3.63) is 65.9 Å². The molecule has 0 N–H and O–H groups in total. The quantitative estimate of drug-likeness (QED) is 0.674. The van der Waals surface area contributed by atoms with E-state index in [1.807, 2.05) is 30.3 Å². The van der Waals surface area contributed by atoms with Gasteiger partial charge in [-0.2, -0.15) is 0 Å². The lowest BCUT2D eigenvalue weighted by Crippen LogP contribution is -2.00. The van der Waals surface area contributed by atoms with E-state index in [1.54, 1.807) is 31.5 Å². The smallest absolute Gasteiger partial charge is 0.162 e. The van der Waals surface area contributed by atoms with Gasteiger partial charge in [-0.15, -0.1) is 0 Å². The average Bonchev–Trinajstić information content (AvgIpc) is 2.59. The number of rotatable bonds is 5. The van der Waals surface area contributed by atoms with Gasteiger partial charge in [0.05, 0.1) is 12.6 Å². The van der Waals surface area contributed by atoms with Crippen LogP contribution in [0, 0.1) is 0 Å². The summed E-state index contributed by atoms with van der Waals surface area (Å²) >= 11 is 0. The van der Waals surface area contributed by atoms with Crippen molar-refractivity contribution in [1.29, 1.82) is 0 Å². The van der Waals surface area contributed by atoms with Gasteiger partial charge in [-0.3, -0.25) is 9.78 Å². The van der Waals surface area contributed by atoms with E-state index < -0.39 is 0 Å². The zero-order valence-electron chi connectivity index (χ0n) is 12.2. The maximum Gasteiger partial charge on any atom is 0.162 e. The van der Waals surface area contributed by atoms with Crippen LogP contribution in [0.3, 0.4) is 0 Å². The third kappa shape index (κ3) is 2.76. The van der Waals surface area contributed by atoms with E-state index in [4.69, 9.17) is 9.47 Å². The van der Waals surface area contributed by atoms with Gasteiger partial charge >= 0.3 is 0 Å². The predicted molar refractivity (Wildman–Crippen MR) is 84.5 cm³/mol. The van der Waals surface area contributed by atoms with Gasteiger partial charge in [0.1, 0.15) is 12.9 Å². The van der Waals surface area contributed by atoms with E-state index in [2.05, 4.69) is 4.98 Å². The Balaban J connectivity index is 1.89. The Bertz CT molecular complexity index is 809. The summed E-state index contributed by atoms with van der Waals surface area (Å²) in [4.78, 5) is 15.3. The molecule has 0 bridgehead atoms. The van der Waals surface area contributed by atoms with Gasteiger partial charge in [0.15, 0.2) is 11.5 Å². The van der Waals surface area contributed by atoms with Gasteiger partial charge in [-0.05, 0) is 24.3 Å². The largest absolute Gasteiger partial charge is 0.493 e. The van der Waals surface area contributed by atoms with E-state index in [1.165, 1.54) is 0 Å². The van der Waals surface area contributed by atoms with Crippen LogP contribution in [0.15, 0.2) is 54.7 Å². The summed E-state index contributed by atoms with van der Waals surface area (Å²) < 4.78 is 11.1. The summed E-state index contributed by atoms with van der Waals surface area (Å²) in [5.41, 5.74) is 2.44. The number of benzene rings is 2. The minimum atomic E-state index is 0.354. The van der Waals surface area contributed by atoms with Crippen molar-refractivity contribution >= 4 is 17.2 Å². The van der Waals surface area contributed by atoms with Crippen molar-refractivity contribution in [3.8, 4) is 11.5 Å². The molecule has 0 fully saturated rings. The molecule has 3 aromatic rings. The fourth-order valence-corrected chi connectivity index (χ4v) is 2.32. The Kier molecular flexibility index (Phi) is 4.01. The number of para-hydroxylation sites is 1. The van der Waals surface area contributed by atoms with Crippen molar-refractivity contribution in [3.63, 3.8) is 0 Å². The van der Waals surface area contributed by atoms with E-state index in [-0.39, 0.29) is 0 Å². The lowest BCUT2D eigenvalue weighted by Gasteiger charge is -2.12. The number of carbonyl (C=O) groups excluding carboxylic acids is 1.